The number of ether oxygens (including phenoxy) is 3. The van der Waals surface area contributed by atoms with E-state index in [1.165, 1.54) is 14.0 Å². The van der Waals surface area contributed by atoms with Crippen LogP contribution in [-0.4, -0.2) is 31.0 Å². The van der Waals surface area contributed by atoms with Crippen molar-refractivity contribution in [3.05, 3.63) is 17.3 Å². The Bertz CT molecular complexity index is 490. The molecule has 0 aromatic carbocycles. The summed E-state index contributed by atoms with van der Waals surface area (Å²) >= 11 is 0. The van der Waals surface area contributed by atoms with Crippen LogP contribution in [0.1, 0.15) is 23.0 Å². The van der Waals surface area contributed by atoms with Gasteiger partial charge in [-0.2, -0.15) is 0 Å². The van der Waals surface area contributed by atoms with Gasteiger partial charge in [0.2, 0.25) is 5.88 Å². The van der Waals surface area contributed by atoms with E-state index in [1.807, 2.05) is 0 Å². The number of carbonyl (C=O) groups is 1. The Balaban J connectivity index is 3.38. The Morgan fingerprint density at radius 3 is 2.50 bits per heavy atom. The zero-order chi connectivity index (χ0) is 15.3. The predicted molar refractivity (Wildman–Crippen MR) is 58.2 cm³/mol. The van der Waals surface area contributed by atoms with E-state index in [0.717, 1.165) is 6.07 Å². The Labute approximate surface area is 111 Å². The van der Waals surface area contributed by atoms with E-state index >= 15 is 0 Å². The topological polar surface area (TPSA) is 57.7 Å². The molecule has 0 aliphatic rings. The lowest BCUT2D eigenvalue weighted by Crippen LogP contribution is -2.21. The average Bonchev–Trinajstić information content (AvgIpc) is 2.37. The van der Waals surface area contributed by atoms with Crippen molar-refractivity contribution in [2.75, 3.05) is 13.7 Å². The molecule has 0 fully saturated rings. The second-order valence-corrected chi connectivity index (χ2v) is 3.40. The molecule has 1 rings (SSSR count). The summed E-state index contributed by atoms with van der Waals surface area (Å²) in [7, 11) is 1.17. The molecule has 0 saturated heterocycles. The van der Waals surface area contributed by atoms with Crippen LogP contribution in [0.4, 0.5) is 17.6 Å². The van der Waals surface area contributed by atoms with Crippen molar-refractivity contribution in [1.29, 1.82) is 0 Å². The van der Waals surface area contributed by atoms with Crippen molar-refractivity contribution in [3.8, 4) is 11.6 Å². The van der Waals surface area contributed by atoms with E-state index in [4.69, 9.17) is 0 Å². The van der Waals surface area contributed by atoms with Gasteiger partial charge in [-0.25, -0.2) is 14.2 Å². The summed E-state index contributed by atoms with van der Waals surface area (Å²) in [5.74, 6) is -2.42. The van der Waals surface area contributed by atoms with E-state index in [2.05, 4.69) is 19.2 Å². The van der Waals surface area contributed by atoms with Crippen LogP contribution in [-0.2, 0) is 11.4 Å². The maximum Gasteiger partial charge on any atom is 0.573 e. The summed E-state index contributed by atoms with van der Waals surface area (Å²) < 4.78 is 62.7. The van der Waals surface area contributed by atoms with E-state index in [1.54, 1.807) is 0 Å². The first kappa shape index (κ1) is 16.0. The first-order chi connectivity index (χ1) is 9.32. The third-order valence-corrected chi connectivity index (χ3v) is 2.07. The summed E-state index contributed by atoms with van der Waals surface area (Å²) in [6.45, 7) is 0.0727. The van der Waals surface area contributed by atoms with Crippen molar-refractivity contribution in [2.24, 2.45) is 0 Å². The molecule has 0 aliphatic heterocycles. The predicted octanol–water partition coefficient (Wildman–Crippen LogP) is 2.64. The molecule has 1 aromatic heterocycles. The minimum absolute atomic E-state index is 0.0891. The summed E-state index contributed by atoms with van der Waals surface area (Å²) in [6, 6.07) is 0.907. The first-order valence-electron chi connectivity index (χ1n) is 5.39. The van der Waals surface area contributed by atoms with Gasteiger partial charge in [-0.1, -0.05) is 0 Å². The van der Waals surface area contributed by atoms with Crippen molar-refractivity contribution in [3.63, 3.8) is 0 Å². The highest BCUT2D eigenvalue weighted by Crippen LogP contribution is 2.32. The number of nitrogens with zero attached hydrogens (tertiary/aromatic N) is 1. The van der Waals surface area contributed by atoms with E-state index in [9.17, 15) is 22.4 Å². The molecule has 0 amide bonds. The third-order valence-electron chi connectivity index (χ3n) is 2.07. The SMILES string of the molecule is CCOC(=O)c1nc(OC)cc(CF)c1OC(F)(F)F. The molecular weight excluding hydrogens is 286 g/mol. The summed E-state index contributed by atoms with van der Waals surface area (Å²) in [5, 5.41) is 0. The van der Waals surface area contributed by atoms with Gasteiger partial charge in [0.1, 0.15) is 6.67 Å². The molecule has 1 aromatic rings. The van der Waals surface area contributed by atoms with Crippen LogP contribution < -0.4 is 9.47 Å². The van der Waals surface area contributed by atoms with Crippen molar-refractivity contribution < 1.29 is 36.6 Å². The van der Waals surface area contributed by atoms with Gasteiger partial charge in [0.15, 0.2) is 11.4 Å². The number of esters is 1. The van der Waals surface area contributed by atoms with Gasteiger partial charge >= 0.3 is 12.3 Å². The molecule has 0 aliphatic carbocycles. The van der Waals surface area contributed by atoms with Crippen molar-refractivity contribution >= 4 is 5.97 Å². The lowest BCUT2D eigenvalue weighted by atomic mass is 10.2. The molecule has 1 heterocycles. The van der Waals surface area contributed by atoms with Crippen LogP contribution >= 0.6 is 0 Å². The smallest absolute Gasteiger partial charge is 0.481 e. The minimum atomic E-state index is -5.10. The molecule has 5 nitrogen and oxygen atoms in total. The van der Waals surface area contributed by atoms with Gasteiger partial charge < -0.3 is 14.2 Å². The molecule has 0 N–H and O–H groups in total. The number of hydrogen-bond donors (Lipinski definition) is 0. The second kappa shape index (κ2) is 6.40. The van der Waals surface area contributed by atoms with Crippen molar-refractivity contribution in [1.82, 2.24) is 4.98 Å². The molecule has 0 radical (unpaired) electrons. The summed E-state index contributed by atoms with van der Waals surface area (Å²) in [6.07, 6.45) is -5.10. The standard InChI is InChI=1S/C11H11F4NO4/c1-3-19-10(17)8-9(20-11(13,14)15)6(5-12)4-7(16-8)18-2/h4H,3,5H2,1-2H3. The number of halogens is 4. The van der Waals surface area contributed by atoms with Gasteiger partial charge in [-0.15, -0.1) is 13.2 Å². The number of carbonyl (C=O) groups excluding carboxylic acids is 1. The van der Waals surface area contributed by atoms with Crippen LogP contribution in [0.25, 0.3) is 0 Å². The largest absolute Gasteiger partial charge is 0.573 e. The van der Waals surface area contributed by atoms with E-state index in [0.29, 0.717) is 0 Å². The van der Waals surface area contributed by atoms with E-state index in [-0.39, 0.29) is 12.5 Å². The van der Waals surface area contributed by atoms with Crippen molar-refractivity contribution in [2.45, 2.75) is 20.0 Å². The zero-order valence-corrected chi connectivity index (χ0v) is 10.6. The number of alkyl halides is 4. The van der Waals surface area contributed by atoms with Gasteiger partial charge in [0.25, 0.3) is 0 Å². The Morgan fingerprint density at radius 2 is 2.05 bits per heavy atom. The number of hydrogen-bond acceptors (Lipinski definition) is 5. The summed E-state index contributed by atoms with van der Waals surface area (Å²) in [4.78, 5) is 15.1. The molecule has 0 bridgehead atoms. The monoisotopic (exact) mass is 297 g/mol. The fraction of sp³-hybridized carbons (Fsp3) is 0.455. The highest BCUT2D eigenvalue weighted by Gasteiger charge is 2.35. The second-order valence-electron chi connectivity index (χ2n) is 3.40. The summed E-state index contributed by atoms with van der Waals surface area (Å²) in [5.41, 5.74) is -1.31. The molecular formula is C11H11F4NO4. The highest BCUT2D eigenvalue weighted by molar-refractivity contribution is 5.91. The van der Waals surface area contributed by atoms with Crippen LogP contribution in [0.15, 0.2) is 6.07 Å². The molecule has 112 valence electrons. The minimum Gasteiger partial charge on any atom is -0.481 e. The van der Waals surface area contributed by atoms with Gasteiger partial charge in [0.05, 0.1) is 13.7 Å². The normalized spacial score (nSPS) is 11.1. The Hall–Kier alpha value is -2.06. The molecule has 0 spiro atoms. The Morgan fingerprint density at radius 1 is 1.40 bits per heavy atom. The molecule has 9 heteroatoms. The molecule has 0 saturated carbocycles. The van der Waals surface area contributed by atoms with Gasteiger partial charge in [0, 0.05) is 11.6 Å². The van der Waals surface area contributed by atoms with Crippen LogP contribution in [0.5, 0.6) is 11.6 Å². The number of methoxy groups -OCH3 is 1. The maximum absolute atomic E-state index is 12.8. The quantitative estimate of drug-likeness (QED) is 0.617. The van der Waals surface area contributed by atoms with Gasteiger partial charge in [-0.3, -0.25) is 0 Å². The number of aromatic nitrogens is 1. The maximum atomic E-state index is 12.8. The lowest BCUT2D eigenvalue weighted by molar-refractivity contribution is -0.275. The fourth-order valence-electron chi connectivity index (χ4n) is 1.33. The zero-order valence-electron chi connectivity index (χ0n) is 10.6. The lowest BCUT2D eigenvalue weighted by Gasteiger charge is -2.15. The first-order valence-corrected chi connectivity index (χ1v) is 5.39. The fourth-order valence-corrected chi connectivity index (χ4v) is 1.33. The molecule has 0 atom stereocenters. The average molecular weight is 297 g/mol. The molecule has 20 heavy (non-hydrogen) atoms. The van der Waals surface area contributed by atoms with Crippen LogP contribution in [0.2, 0.25) is 0 Å². The van der Waals surface area contributed by atoms with Crippen LogP contribution in [0.3, 0.4) is 0 Å². The van der Waals surface area contributed by atoms with Crippen LogP contribution in [0, 0.1) is 0 Å². The molecule has 0 unspecified atom stereocenters. The number of pyridine rings is 1. The third kappa shape index (κ3) is 3.97. The van der Waals surface area contributed by atoms with E-state index < -0.39 is 36.0 Å². The number of rotatable bonds is 5. The Kier molecular flexibility index (Phi) is 5.12. The highest BCUT2D eigenvalue weighted by atomic mass is 19.4. The van der Waals surface area contributed by atoms with Gasteiger partial charge in [-0.05, 0) is 6.92 Å².